The fourth-order valence-electron chi connectivity index (χ4n) is 2.02. The summed E-state index contributed by atoms with van der Waals surface area (Å²) in [7, 11) is 1.78. The lowest BCUT2D eigenvalue weighted by atomic mass is 10.1. The highest BCUT2D eigenvalue weighted by molar-refractivity contribution is 6.30. The van der Waals surface area contributed by atoms with Crippen LogP contribution < -0.4 is 5.32 Å². The van der Waals surface area contributed by atoms with Crippen molar-refractivity contribution in [2.75, 3.05) is 12.4 Å². The number of aromatic hydroxyl groups is 1. The second-order valence-electron chi connectivity index (χ2n) is 4.05. The highest BCUT2D eigenvalue weighted by Gasteiger charge is 2.13. The maximum absolute atomic E-state index is 9.99. The molecule has 2 N–H and O–H groups in total. The molecule has 3 rings (SSSR count). The molecule has 0 aliphatic carbocycles. The summed E-state index contributed by atoms with van der Waals surface area (Å²) in [5, 5.41) is 21.7. The number of hydrogen-bond acceptors (Lipinski definition) is 4. The number of anilines is 1. The number of hydrogen-bond donors (Lipinski definition) is 2. The molecule has 5 nitrogen and oxygen atoms in total. The van der Waals surface area contributed by atoms with Gasteiger partial charge >= 0.3 is 0 Å². The number of nitrogens with zero attached hydrogens (tertiary/aromatic N) is 3. The highest BCUT2D eigenvalue weighted by atomic mass is 35.5. The van der Waals surface area contributed by atoms with Crippen LogP contribution in [-0.2, 0) is 0 Å². The Kier molecular flexibility index (Phi) is 4.65. The van der Waals surface area contributed by atoms with Crippen LogP contribution in [0.25, 0.3) is 16.8 Å². The molecule has 110 valence electrons. The SMILES string of the molecule is CC.CNc1nnc(-c2ccc(Cl)cc2O)c2cccn12. The van der Waals surface area contributed by atoms with Crippen molar-refractivity contribution in [1.29, 1.82) is 0 Å². The van der Waals surface area contributed by atoms with Crippen LogP contribution in [0.5, 0.6) is 5.75 Å². The molecule has 0 aliphatic heterocycles. The molecule has 6 heteroatoms. The number of nitrogens with one attached hydrogen (secondary N) is 1. The van der Waals surface area contributed by atoms with Crippen molar-refractivity contribution in [2.45, 2.75) is 13.8 Å². The third-order valence-corrected chi connectivity index (χ3v) is 3.14. The van der Waals surface area contributed by atoms with Crippen LogP contribution in [-0.4, -0.2) is 26.8 Å². The Balaban J connectivity index is 0.000000774. The summed E-state index contributed by atoms with van der Waals surface area (Å²) in [6.45, 7) is 4.00. The zero-order valence-corrected chi connectivity index (χ0v) is 12.9. The van der Waals surface area contributed by atoms with E-state index in [2.05, 4.69) is 15.5 Å². The van der Waals surface area contributed by atoms with E-state index in [1.54, 1.807) is 19.2 Å². The fourth-order valence-corrected chi connectivity index (χ4v) is 2.19. The standard InChI is InChI=1S/C13H11ClN4O.C2H6/c1-15-13-17-16-12(10-3-2-6-18(10)13)9-5-4-8(14)7-11(9)19;1-2/h2-7,19H,1H3,(H,15,17);1-2H3. The Morgan fingerprint density at radius 3 is 2.62 bits per heavy atom. The van der Waals surface area contributed by atoms with Crippen LogP contribution in [0, 0.1) is 0 Å². The van der Waals surface area contributed by atoms with Crippen molar-refractivity contribution in [3.63, 3.8) is 0 Å². The van der Waals surface area contributed by atoms with Crippen LogP contribution in [0.4, 0.5) is 5.95 Å². The minimum absolute atomic E-state index is 0.0853. The predicted octanol–water partition coefficient (Wildman–Crippen LogP) is 3.82. The summed E-state index contributed by atoms with van der Waals surface area (Å²) < 4.78 is 1.87. The van der Waals surface area contributed by atoms with Gasteiger partial charge in [0, 0.05) is 23.8 Å². The van der Waals surface area contributed by atoms with Gasteiger partial charge in [-0.1, -0.05) is 25.4 Å². The van der Waals surface area contributed by atoms with E-state index in [9.17, 15) is 5.11 Å². The normalized spacial score (nSPS) is 10.1. The van der Waals surface area contributed by atoms with E-state index in [1.165, 1.54) is 6.07 Å². The molecule has 0 atom stereocenters. The minimum Gasteiger partial charge on any atom is -0.507 e. The van der Waals surface area contributed by atoms with E-state index in [1.807, 2.05) is 36.6 Å². The average Bonchev–Trinajstić information content (AvgIpc) is 2.98. The lowest BCUT2D eigenvalue weighted by molar-refractivity contribution is 0.477. The first-order chi connectivity index (χ1) is 10.2. The first-order valence-corrected chi connectivity index (χ1v) is 7.09. The summed E-state index contributed by atoms with van der Waals surface area (Å²) in [5.74, 6) is 0.722. The van der Waals surface area contributed by atoms with Crippen LogP contribution >= 0.6 is 11.6 Å². The maximum Gasteiger partial charge on any atom is 0.227 e. The van der Waals surface area contributed by atoms with Crippen LogP contribution in [0.2, 0.25) is 5.02 Å². The molecule has 2 aromatic heterocycles. The number of halogens is 1. The molecular formula is C15H17ClN4O. The van der Waals surface area contributed by atoms with Gasteiger partial charge in [-0.15, -0.1) is 10.2 Å². The predicted molar refractivity (Wildman–Crippen MR) is 86.0 cm³/mol. The number of fused-ring (bicyclic) bond motifs is 1. The lowest BCUT2D eigenvalue weighted by Gasteiger charge is -2.09. The summed E-state index contributed by atoms with van der Waals surface area (Å²) in [4.78, 5) is 0. The Bertz CT molecular complexity index is 755. The highest BCUT2D eigenvalue weighted by Crippen LogP contribution is 2.33. The number of rotatable bonds is 2. The molecular weight excluding hydrogens is 288 g/mol. The number of phenols is 1. The first kappa shape index (κ1) is 15.1. The van der Waals surface area contributed by atoms with Crippen molar-refractivity contribution in [1.82, 2.24) is 14.6 Å². The zero-order valence-electron chi connectivity index (χ0n) is 12.1. The van der Waals surface area contributed by atoms with Gasteiger partial charge in [0.15, 0.2) is 0 Å². The molecule has 21 heavy (non-hydrogen) atoms. The number of benzene rings is 1. The molecule has 0 saturated carbocycles. The molecule has 1 aromatic carbocycles. The molecule has 0 radical (unpaired) electrons. The van der Waals surface area contributed by atoms with Gasteiger partial charge in [-0.05, 0) is 30.3 Å². The van der Waals surface area contributed by atoms with Gasteiger partial charge in [0.1, 0.15) is 11.4 Å². The van der Waals surface area contributed by atoms with E-state index >= 15 is 0 Å². The molecule has 0 bridgehead atoms. The van der Waals surface area contributed by atoms with Gasteiger partial charge in [-0.2, -0.15) is 0 Å². The smallest absolute Gasteiger partial charge is 0.227 e. The fraction of sp³-hybridized carbons (Fsp3) is 0.200. The van der Waals surface area contributed by atoms with Gasteiger partial charge < -0.3 is 10.4 Å². The quantitative estimate of drug-likeness (QED) is 0.755. The monoisotopic (exact) mass is 304 g/mol. The van der Waals surface area contributed by atoms with Crippen molar-refractivity contribution < 1.29 is 5.11 Å². The number of aromatic nitrogens is 3. The third-order valence-electron chi connectivity index (χ3n) is 2.90. The van der Waals surface area contributed by atoms with Gasteiger partial charge in [0.25, 0.3) is 0 Å². The summed E-state index contributed by atoms with van der Waals surface area (Å²) >= 11 is 5.84. The Morgan fingerprint density at radius 2 is 1.95 bits per heavy atom. The number of phenolic OH excluding ortho intramolecular Hbond substituents is 1. The molecule has 0 amide bonds. The second kappa shape index (κ2) is 6.45. The van der Waals surface area contributed by atoms with Gasteiger partial charge in [0.2, 0.25) is 5.95 Å². The largest absolute Gasteiger partial charge is 0.507 e. The Labute approximate surface area is 128 Å². The maximum atomic E-state index is 9.99. The Morgan fingerprint density at radius 1 is 1.19 bits per heavy atom. The molecule has 0 spiro atoms. The first-order valence-electron chi connectivity index (χ1n) is 6.71. The second-order valence-corrected chi connectivity index (χ2v) is 4.48. The van der Waals surface area contributed by atoms with E-state index in [0.29, 0.717) is 22.2 Å². The Hall–Kier alpha value is -2.27. The minimum atomic E-state index is 0.0853. The van der Waals surface area contributed by atoms with E-state index in [4.69, 9.17) is 11.6 Å². The van der Waals surface area contributed by atoms with Crippen molar-refractivity contribution >= 4 is 23.1 Å². The van der Waals surface area contributed by atoms with Crippen molar-refractivity contribution in [3.05, 3.63) is 41.6 Å². The molecule has 0 aliphatic rings. The van der Waals surface area contributed by atoms with Crippen LogP contribution in [0.1, 0.15) is 13.8 Å². The van der Waals surface area contributed by atoms with E-state index in [-0.39, 0.29) is 5.75 Å². The van der Waals surface area contributed by atoms with Crippen LogP contribution in [0.3, 0.4) is 0 Å². The summed E-state index contributed by atoms with van der Waals surface area (Å²) in [6.07, 6.45) is 1.88. The molecule has 0 fully saturated rings. The summed E-state index contributed by atoms with van der Waals surface area (Å²) in [5.41, 5.74) is 2.07. The van der Waals surface area contributed by atoms with Crippen molar-refractivity contribution in [3.8, 4) is 17.0 Å². The topological polar surface area (TPSA) is 62.5 Å². The molecule has 0 unspecified atom stereocenters. The third kappa shape index (κ3) is 2.78. The molecule has 0 saturated heterocycles. The van der Waals surface area contributed by atoms with Crippen molar-refractivity contribution in [2.24, 2.45) is 0 Å². The van der Waals surface area contributed by atoms with Gasteiger partial charge in [0.05, 0.1) is 5.52 Å². The zero-order chi connectivity index (χ0) is 15.4. The molecule has 3 aromatic rings. The van der Waals surface area contributed by atoms with E-state index < -0.39 is 0 Å². The average molecular weight is 305 g/mol. The van der Waals surface area contributed by atoms with Gasteiger partial charge in [-0.3, -0.25) is 4.40 Å². The van der Waals surface area contributed by atoms with Gasteiger partial charge in [-0.25, -0.2) is 0 Å². The summed E-state index contributed by atoms with van der Waals surface area (Å²) in [6, 6.07) is 8.75. The lowest BCUT2D eigenvalue weighted by Crippen LogP contribution is -2.03. The van der Waals surface area contributed by atoms with Crippen LogP contribution in [0.15, 0.2) is 36.5 Å². The molecule has 2 heterocycles. The van der Waals surface area contributed by atoms with E-state index in [0.717, 1.165) is 5.52 Å².